The fraction of sp³-hybridized carbons (Fsp3) is 0.800. The van der Waals surface area contributed by atoms with Crippen LogP contribution in [0.4, 0.5) is 0 Å². The van der Waals surface area contributed by atoms with Crippen LogP contribution in [0.25, 0.3) is 0 Å². The second kappa shape index (κ2) is 4.61. The first kappa shape index (κ1) is 12.0. The standard InChI is InChI=1S/C10H18N2O3/c1-6(2)7(10(14)15)5-12(3)9(13)8-4-11-8/h6-8,11H,4-5H2,1-3H3,(H,14,15)/t7-,8+/m0/s1. The molecule has 5 nitrogen and oxygen atoms in total. The Balaban J connectivity index is 2.49. The highest BCUT2D eigenvalue weighted by Gasteiger charge is 2.33. The summed E-state index contributed by atoms with van der Waals surface area (Å²) in [7, 11) is 1.65. The first-order chi connectivity index (χ1) is 6.93. The Morgan fingerprint density at radius 3 is 2.40 bits per heavy atom. The molecule has 15 heavy (non-hydrogen) atoms. The molecule has 0 radical (unpaired) electrons. The van der Waals surface area contributed by atoms with Crippen LogP contribution in [-0.4, -0.2) is 48.1 Å². The van der Waals surface area contributed by atoms with Crippen LogP contribution in [0.5, 0.6) is 0 Å². The quantitative estimate of drug-likeness (QED) is 0.620. The van der Waals surface area contributed by atoms with Crippen LogP contribution in [0.3, 0.4) is 0 Å². The number of hydrogen-bond acceptors (Lipinski definition) is 3. The van der Waals surface area contributed by atoms with Crippen molar-refractivity contribution in [1.29, 1.82) is 0 Å². The van der Waals surface area contributed by atoms with Gasteiger partial charge in [-0.15, -0.1) is 0 Å². The molecule has 1 rings (SSSR count). The lowest BCUT2D eigenvalue weighted by Gasteiger charge is -2.23. The summed E-state index contributed by atoms with van der Waals surface area (Å²) < 4.78 is 0. The van der Waals surface area contributed by atoms with E-state index in [2.05, 4.69) is 5.32 Å². The monoisotopic (exact) mass is 214 g/mol. The summed E-state index contributed by atoms with van der Waals surface area (Å²) in [6.07, 6.45) is 0. The van der Waals surface area contributed by atoms with E-state index in [1.54, 1.807) is 7.05 Å². The Kier molecular flexibility index (Phi) is 3.68. The van der Waals surface area contributed by atoms with E-state index in [1.165, 1.54) is 4.90 Å². The van der Waals surface area contributed by atoms with Crippen molar-refractivity contribution in [3.63, 3.8) is 0 Å². The van der Waals surface area contributed by atoms with Gasteiger partial charge >= 0.3 is 5.97 Å². The number of hydrogen-bond donors (Lipinski definition) is 2. The van der Waals surface area contributed by atoms with Gasteiger partial charge in [0.05, 0.1) is 12.0 Å². The number of carbonyl (C=O) groups is 2. The molecule has 1 heterocycles. The average Bonchev–Trinajstić information content (AvgIpc) is 2.94. The van der Waals surface area contributed by atoms with Gasteiger partial charge in [0.25, 0.3) is 0 Å². The van der Waals surface area contributed by atoms with Gasteiger partial charge in [0, 0.05) is 20.1 Å². The van der Waals surface area contributed by atoms with Crippen molar-refractivity contribution in [2.45, 2.75) is 19.9 Å². The van der Waals surface area contributed by atoms with E-state index in [-0.39, 0.29) is 24.4 Å². The number of rotatable bonds is 5. The number of carboxylic acid groups (broad SMARTS) is 1. The molecular weight excluding hydrogens is 196 g/mol. The molecule has 1 aliphatic heterocycles. The van der Waals surface area contributed by atoms with Crippen molar-refractivity contribution in [3.05, 3.63) is 0 Å². The Bertz CT molecular complexity index is 261. The normalized spacial score (nSPS) is 21.2. The van der Waals surface area contributed by atoms with Gasteiger partial charge in [0.15, 0.2) is 0 Å². The summed E-state index contributed by atoms with van der Waals surface area (Å²) in [4.78, 5) is 24.0. The topological polar surface area (TPSA) is 79.5 Å². The van der Waals surface area contributed by atoms with Crippen molar-refractivity contribution < 1.29 is 14.7 Å². The molecule has 0 saturated carbocycles. The third-order valence-corrected chi connectivity index (χ3v) is 2.68. The highest BCUT2D eigenvalue weighted by atomic mass is 16.4. The van der Waals surface area contributed by atoms with E-state index in [0.29, 0.717) is 6.54 Å². The number of amides is 1. The van der Waals surface area contributed by atoms with E-state index in [0.717, 1.165) is 0 Å². The number of nitrogens with one attached hydrogen (secondary N) is 1. The number of likely N-dealkylation sites (N-methyl/N-ethyl adjacent to an activating group) is 1. The molecule has 2 N–H and O–H groups in total. The predicted molar refractivity (Wildman–Crippen MR) is 55.4 cm³/mol. The molecule has 0 aliphatic carbocycles. The Morgan fingerprint density at radius 1 is 1.53 bits per heavy atom. The molecule has 5 heteroatoms. The second-order valence-corrected chi connectivity index (χ2v) is 4.37. The molecule has 2 atom stereocenters. The maximum absolute atomic E-state index is 11.6. The summed E-state index contributed by atoms with van der Waals surface area (Å²) in [6, 6.07) is -0.0865. The van der Waals surface area contributed by atoms with Gasteiger partial charge in [0.2, 0.25) is 5.91 Å². The Hall–Kier alpha value is -1.10. The van der Waals surface area contributed by atoms with Crippen LogP contribution >= 0.6 is 0 Å². The zero-order chi connectivity index (χ0) is 11.6. The minimum Gasteiger partial charge on any atom is -0.481 e. The number of carboxylic acids is 1. The molecule has 86 valence electrons. The van der Waals surface area contributed by atoms with Crippen LogP contribution in [0.2, 0.25) is 0 Å². The Labute approximate surface area is 89.4 Å². The van der Waals surface area contributed by atoms with Gasteiger partial charge < -0.3 is 15.3 Å². The molecule has 0 aromatic carbocycles. The molecule has 0 bridgehead atoms. The van der Waals surface area contributed by atoms with Crippen molar-refractivity contribution in [2.75, 3.05) is 20.1 Å². The fourth-order valence-electron chi connectivity index (χ4n) is 1.46. The van der Waals surface area contributed by atoms with Crippen LogP contribution in [-0.2, 0) is 9.59 Å². The molecule has 0 aromatic heterocycles. The maximum Gasteiger partial charge on any atom is 0.308 e. The second-order valence-electron chi connectivity index (χ2n) is 4.37. The third-order valence-electron chi connectivity index (χ3n) is 2.68. The molecular formula is C10H18N2O3. The first-order valence-corrected chi connectivity index (χ1v) is 5.14. The lowest BCUT2D eigenvalue weighted by molar-refractivity contribution is -0.145. The fourth-order valence-corrected chi connectivity index (χ4v) is 1.46. The average molecular weight is 214 g/mol. The first-order valence-electron chi connectivity index (χ1n) is 5.14. The van der Waals surface area contributed by atoms with Gasteiger partial charge in [-0.1, -0.05) is 13.8 Å². The molecule has 1 saturated heterocycles. The van der Waals surface area contributed by atoms with Gasteiger partial charge in [0.1, 0.15) is 0 Å². The summed E-state index contributed by atoms with van der Waals surface area (Å²) in [5.41, 5.74) is 0. The van der Waals surface area contributed by atoms with Crippen molar-refractivity contribution in [1.82, 2.24) is 10.2 Å². The largest absolute Gasteiger partial charge is 0.481 e. The molecule has 0 spiro atoms. The van der Waals surface area contributed by atoms with Gasteiger partial charge in [-0.2, -0.15) is 0 Å². The van der Waals surface area contributed by atoms with E-state index in [9.17, 15) is 9.59 Å². The van der Waals surface area contributed by atoms with E-state index in [1.807, 2.05) is 13.8 Å². The van der Waals surface area contributed by atoms with E-state index >= 15 is 0 Å². The van der Waals surface area contributed by atoms with Crippen molar-refractivity contribution in [2.24, 2.45) is 11.8 Å². The summed E-state index contributed by atoms with van der Waals surface area (Å²) in [5.74, 6) is -1.31. The van der Waals surface area contributed by atoms with Crippen molar-refractivity contribution >= 4 is 11.9 Å². The van der Waals surface area contributed by atoms with Crippen LogP contribution in [0, 0.1) is 11.8 Å². The van der Waals surface area contributed by atoms with E-state index in [4.69, 9.17) is 5.11 Å². The number of aliphatic carboxylic acids is 1. The molecule has 1 aliphatic rings. The van der Waals surface area contributed by atoms with Gasteiger partial charge in [-0.05, 0) is 5.92 Å². The van der Waals surface area contributed by atoms with Crippen LogP contribution in [0.1, 0.15) is 13.8 Å². The molecule has 1 fully saturated rings. The summed E-state index contributed by atoms with van der Waals surface area (Å²) in [6.45, 7) is 4.70. The lowest BCUT2D eigenvalue weighted by atomic mass is 9.95. The lowest BCUT2D eigenvalue weighted by Crippen LogP contribution is -2.39. The zero-order valence-electron chi connectivity index (χ0n) is 9.36. The number of nitrogens with zero attached hydrogens (tertiary/aromatic N) is 1. The summed E-state index contributed by atoms with van der Waals surface area (Å²) in [5, 5.41) is 11.9. The van der Waals surface area contributed by atoms with Crippen molar-refractivity contribution in [3.8, 4) is 0 Å². The zero-order valence-corrected chi connectivity index (χ0v) is 9.36. The van der Waals surface area contributed by atoms with Crippen LogP contribution < -0.4 is 5.32 Å². The highest BCUT2D eigenvalue weighted by Crippen LogP contribution is 2.13. The van der Waals surface area contributed by atoms with E-state index < -0.39 is 11.9 Å². The highest BCUT2D eigenvalue weighted by molar-refractivity contribution is 5.85. The third kappa shape index (κ3) is 3.20. The Morgan fingerprint density at radius 2 is 2.07 bits per heavy atom. The van der Waals surface area contributed by atoms with Crippen LogP contribution in [0.15, 0.2) is 0 Å². The maximum atomic E-state index is 11.6. The molecule has 1 amide bonds. The van der Waals surface area contributed by atoms with Gasteiger partial charge in [-0.3, -0.25) is 9.59 Å². The minimum absolute atomic E-state index is 0.0121. The molecule has 0 aromatic rings. The molecule has 0 unspecified atom stereocenters. The van der Waals surface area contributed by atoms with Gasteiger partial charge in [-0.25, -0.2) is 0 Å². The number of carbonyl (C=O) groups excluding carboxylic acids is 1. The SMILES string of the molecule is CC(C)[C@H](CN(C)C(=O)[C@H]1CN1)C(=O)O. The smallest absolute Gasteiger partial charge is 0.308 e. The predicted octanol–water partition coefficient (Wildman–Crippen LogP) is -0.227. The minimum atomic E-state index is -0.839. The summed E-state index contributed by atoms with van der Waals surface area (Å²) >= 11 is 0.